The van der Waals surface area contributed by atoms with Gasteiger partial charge >= 0.3 is 0 Å². The van der Waals surface area contributed by atoms with Gasteiger partial charge in [-0.05, 0) is 69.5 Å². The van der Waals surface area contributed by atoms with Crippen LogP contribution in [0.1, 0.15) is 76.4 Å². The molecule has 1 aromatic carbocycles. The predicted octanol–water partition coefficient (Wildman–Crippen LogP) is 5.92. The Morgan fingerprint density at radius 3 is 2.74 bits per heavy atom. The van der Waals surface area contributed by atoms with Gasteiger partial charge in [-0.2, -0.15) is 0 Å². The van der Waals surface area contributed by atoms with Crippen molar-refractivity contribution in [1.82, 2.24) is 25.1 Å². The fourth-order valence-corrected chi connectivity index (χ4v) is 7.58. The molecular formula is C30H32N6OS. The molecule has 8 heteroatoms. The van der Waals surface area contributed by atoms with E-state index < -0.39 is 0 Å². The summed E-state index contributed by atoms with van der Waals surface area (Å²) in [4.78, 5) is 11.0. The van der Waals surface area contributed by atoms with E-state index in [1.165, 1.54) is 60.3 Å². The van der Waals surface area contributed by atoms with Gasteiger partial charge in [0.1, 0.15) is 23.1 Å². The second-order valence-corrected chi connectivity index (χ2v) is 12.3. The largest absolute Gasteiger partial charge is 0.449 e. The van der Waals surface area contributed by atoms with Gasteiger partial charge in [0.2, 0.25) is 0 Å². The molecule has 1 N–H and O–H groups in total. The number of aliphatic imine (C=N–C) groups is 1. The number of thiophene rings is 1. The van der Waals surface area contributed by atoms with Gasteiger partial charge < -0.3 is 9.73 Å². The Hall–Kier alpha value is -3.36. The van der Waals surface area contributed by atoms with Gasteiger partial charge in [0.15, 0.2) is 11.7 Å². The molecule has 1 saturated carbocycles. The molecule has 194 valence electrons. The first-order valence-corrected chi connectivity index (χ1v) is 14.3. The number of nitrogens with one attached hydrogen (secondary N) is 1. The minimum absolute atomic E-state index is 0.249. The van der Waals surface area contributed by atoms with Crippen LogP contribution in [-0.2, 0) is 6.42 Å². The average Bonchev–Trinajstić information content (AvgIpc) is 3.60. The number of hydrogen-bond donors (Lipinski definition) is 1. The third kappa shape index (κ3) is 3.98. The van der Waals surface area contributed by atoms with Crippen LogP contribution in [0.25, 0.3) is 11.1 Å². The molecule has 2 aliphatic heterocycles. The number of hydrogen-bond acceptors (Lipinski definition) is 7. The Balaban J connectivity index is 1.26. The number of rotatable bonds is 4. The lowest BCUT2D eigenvalue weighted by Crippen LogP contribution is -2.45. The Labute approximate surface area is 226 Å². The zero-order valence-corrected chi connectivity index (χ0v) is 22.9. The Morgan fingerprint density at radius 1 is 1.16 bits per heavy atom. The molecule has 0 bridgehead atoms. The average molecular weight is 525 g/mol. The number of allylic oxidation sites excluding steroid dienone is 1. The SMILES string of the molecule is Cc1sc2c(c1C)C(c1ccc(C=C3CC4(CCCNC4)C3)cc1)=N[C@@H](Cc1ncco1)c1nnc(C)n1-2. The quantitative estimate of drug-likeness (QED) is 0.358. The molecule has 3 aromatic heterocycles. The standard InChI is InChI=1S/C30H32N6OS/c1-18-19(2)38-29-26(18)27(33-24(14-25-32-11-12-37-25)28-35-34-20(3)36(28)29)23-7-5-21(6-8-23)13-22-15-30(16-22)9-4-10-31-17-30/h5-8,11-13,24,31H,4,9-10,14-17H2,1-3H3/t24-,30?/m0/s1. The molecule has 38 heavy (non-hydrogen) atoms. The summed E-state index contributed by atoms with van der Waals surface area (Å²) >= 11 is 1.78. The lowest BCUT2D eigenvalue weighted by atomic mass is 9.61. The fraction of sp³-hybridized carbons (Fsp3) is 0.400. The van der Waals surface area contributed by atoms with Crippen molar-refractivity contribution in [3.8, 4) is 5.00 Å². The Morgan fingerprint density at radius 2 is 2.00 bits per heavy atom. The number of piperidine rings is 1. The molecule has 1 aliphatic carbocycles. The van der Waals surface area contributed by atoms with Crippen molar-refractivity contribution in [2.24, 2.45) is 10.4 Å². The van der Waals surface area contributed by atoms with E-state index in [0.29, 0.717) is 17.7 Å². The minimum atomic E-state index is -0.249. The summed E-state index contributed by atoms with van der Waals surface area (Å²) < 4.78 is 7.78. The van der Waals surface area contributed by atoms with E-state index in [1.807, 2.05) is 6.92 Å². The molecule has 3 aliphatic rings. The van der Waals surface area contributed by atoms with Crippen molar-refractivity contribution in [2.45, 2.75) is 58.9 Å². The number of benzene rings is 1. The van der Waals surface area contributed by atoms with E-state index in [9.17, 15) is 0 Å². The van der Waals surface area contributed by atoms with Crippen LogP contribution in [-0.4, -0.2) is 38.5 Å². The van der Waals surface area contributed by atoms with Crippen LogP contribution in [0, 0.1) is 26.2 Å². The molecule has 0 radical (unpaired) electrons. The summed E-state index contributed by atoms with van der Waals surface area (Å²) in [6.07, 6.45) is 11.3. The van der Waals surface area contributed by atoms with Crippen LogP contribution >= 0.6 is 11.3 Å². The lowest BCUT2D eigenvalue weighted by Gasteiger charge is -2.47. The predicted molar refractivity (Wildman–Crippen MR) is 150 cm³/mol. The third-order valence-corrected chi connectivity index (χ3v) is 9.60. The van der Waals surface area contributed by atoms with Gasteiger partial charge in [0.05, 0.1) is 18.3 Å². The zero-order chi connectivity index (χ0) is 25.9. The van der Waals surface area contributed by atoms with Crippen LogP contribution < -0.4 is 5.32 Å². The molecular weight excluding hydrogens is 492 g/mol. The highest BCUT2D eigenvalue weighted by Gasteiger charge is 2.41. The third-order valence-electron chi connectivity index (χ3n) is 8.41. The van der Waals surface area contributed by atoms with Crippen molar-refractivity contribution < 1.29 is 4.42 Å². The minimum Gasteiger partial charge on any atom is -0.449 e. The van der Waals surface area contributed by atoms with Crippen molar-refractivity contribution >= 4 is 23.1 Å². The van der Waals surface area contributed by atoms with E-state index in [4.69, 9.17) is 9.41 Å². The summed E-state index contributed by atoms with van der Waals surface area (Å²) in [5.74, 6) is 2.34. The summed E-state index contributed by atoms with van der Waals surface area (Å²) in [7, 11) is 0. The highest BCUT2D eigenvalue weighted by atomic mass is 32.1. The second kappa shape index (κ2) is 9.13. The van der Waals surface area contributed by atoms with Crippen LogP contribution in [0.15, 0.2) is 51.7 Å². The van der Waals surface area contributed by atoms with Gasteiger partial charge in [0.25, 0.3) is 0 Å². The molecule has 1 spiro atoms. The molecule has 0 unspecified atom stereocenters. The summed E-state index contributed by atoms with van der Waals surface area (Å²) in [6, 6.07) is 8.67. The van der Waals surface area contributed by atoms with E-state index in [-0.39, 0.29) is 6.04 Å². The van der Waals surface area contributed by atoms with Crippen LogP contribution in [0.2, 0.25) is 0 Å². The van der Waals surface area contributed by atoms with E-state index in [1.54, 1.807) is 29.4 Å². The van der Waals surface area contributed by atoms with Gasteiger partial charge in [-0.3, -0.25) is 9.56 Å². The first-order chi connectivity index (χ1) is 18.5. The maximum atomic E-state index is 5.61. The van der Waals surface area contributed by atoms with Crippen molar-refractivity contribution in [2.75, 3.05) is 13.1 Å². The highest BCUT2D eigenvalue weighted by Crippen LogP contribution is 2.50. The van der Waals surface area contributed by atoms with Crippen LogP contribution in [0.3, 0.4) is 0 Å². The number of nitrogens with zero attached hydrogens (tertiary/aromatic N) is 5. The first kappa shape index (κ1) is 23.7. The smallest absolute Gasteiger partial charge is 0.196 e. The van der Waals surface area contributed by atoms with E-state index in [2.05, 4.69) is 69.3 Å². The van der Waals surface area contributed by atoms with Crippen molar-refractivity contribution in [1.29, 1.82) is 0 Å². The number of aryl methyl sites for hydroxylation is 2. The fourth-order valence-electron chi connectivity index (χ4n) is 6.36. The molecule has 5 heterocycles. The molecule has 4 aromatic rings. The molecule has 7 nitrogen and oxygen atoms in total. The number of oxazole rings is 1. The molecule has 0 amide bonds. The highest BCUT2D eigenvalue weighted by molar-refractivity contribution is 7.15. The first-order valence-electron chi connectivity index (χ1n) is 13.5. The lowest BCUT2D eigenvalue weighted by molar-refractivity contribution is 0.150. The summed E-state index contributed by atoms with van der Waals surface area (Å²) in [5, 5.41) is 13.7. The monoisotopic (exact) mass is 524 g/mol. The Kier molecular flexibility index (Phi) is 5.70. The molecule has 2 fully saturated rings. The maximum Gasteiger partial charge on any atom is 0.196 e. The van der Waals surface area contributed by atoms with Crippen molar-refractivity contribution in [3.63, 3.8) is 0 Å². The number of fused-ring (bicyclic) bond motifs is 3. The van der Waals surface area contributed by atoms with E-state index >= 15 is 0 Å². The topological polar surface area (TPSA) is 81.1 Å². The zero-order valence-electron chi connectivity index (χ0n) is 22.1. The molecule has 1 saturated heterocycles. The summed E-state index contributed by atoms with van der Waals surface area (Å²) in [5.41, 5.74) is 7.89. The van der Waals surface area contributed by atoms with Gasteiger partial charge in [-0.1, -0.05) is 35.9 Å². The second-order valence-electron chi connectivity index (χ2n) is 11.1. The maximum absolute atomic E-state index is 5.61. The van der Waals surface area contributed by atoms with Crippen molar-refractivity contribution in [3.05, 3.63) is 87.0 Å². The van der Waals surface area contributed by atoms with E-state index in [0.717, 1.165) is 27.9 Å². The molecule has 1 atom stereocenters. The van der Waals surface area contributed by atoms with Crippen LogP contribution in [0.5, 0.6) is 0 Å². The molecule has 7 rings (SSSR count). The normalized spacial score (nSPS) is 22.4. The number of aromatic nitrogens is 4. The summed E-state index contributed by atoms with van der Waals surface area (Å²) in [6.45, 7) is 8.73. The van der Waals surface area contributed by atoms with Gasteiger partial charge in [-0.25, -0.2) is 4.98 Å². The Bertz CT molecular complexity index is 1540. The van der Waals surface area contributed by atoms with Gasteiger partial charge in [0, 0.05) is 22.5 Å². The van der Waals surface area contributed by atoms with Crippen LogP contribution in [0.4, 0.5) is 0 Å². The van der Waals surface area contributed by atoms with Gasteiger partial charge in [-0.15, -0.1) is 21.5 Å².